The minimum absolute atomic E-state index is 0.110. The molecule has 1 aromatic heterocycles. The second-order valence-electron chi connectivity index (χ2n) is 5.74. The number of hydrogen-bond donors (Lipinski definition) is 0. The number of ketones is 1. The van der Waals surface area contributed by atoms with Gasteiger partial charge in [0.1, 0.15) is 11.7 Å². The number of nitriles is 1. The maximum absolute atomic E-state index is 12.2. The molecule has 3 rings (SSSR count). The monoisotopic (exact) mass is 254 g/mol. The van der Waals surface area contributed by atoms with Gasteiger partial charge < -0.3 is 4.74 Å². The number of allylic oxidation sites excluding steroid dienone is 1. The van der Waals surface area contributed by atoms with Crippen LogP contribution >= 0.6 is 0 Å². The molecule has 1 spiro atoms. The van der Waals surface area contributed by atoms with Crippen LogP contribution in [-0.4, -0.2) is 10.8 Å². The zero-order valence-corrected chi connectivity index (χ0v) is 10.9. The van der Waals surface area contributed by atoms with Gasteiger partial charge in [-0.2, -0.15) is 5.26 Å². The summed E-state index contributed by atoms with van der Waals surface area (Å²) >= 11 is 0. The molecule has 2 aliphatic rings. The van der Waals surface area contributed by atoms with Crippen LogP contribution in [0.15, 0.2) is 30.0 Å². The van der Waals surface area contributed by atoms with Crippen molar-refractivity contribution in [2.75, 3.05) is 0 Å². The van der Waals surface area contributed by atoms with Crippen LogP contribution in [0.25, 0.3) is 0 Å². The lowest BCUT2D eigenvalue weighted by Gasteiger charge is -2.38. The Morgan fingerprint density at radius 2 is 2.26 bits per heavy atom. The van der Waals surface area contributed by atoms with Crippen molar-refractivity contribution in [2.45, 2.75) is 32.5 Å². The van der Waals surface area contributed by atoms with Crippen LogP contribution in [0.1, 0.15) is 31.5 Å². The lowest BCUT2D eigenvalue weighted by molar-refractivity contribution is -0.129. The van der Waals surface area contributed by atoms with Crippen molar-refractivity contribution in [2.24, 2.45) is 5.41 Å². The van der Waals surface area contributed by atoms with Crippen LogP contribution in [0.2, 0.25) is 0 Å². The van der Waals surface area contributed by atoms with Crippen LogP contribution in [0.3, 0.4) is 0 Å². The molecule has 0 radical (unpaired) electrons. The summed E-state index contributed by atoms with van der Waals surface area (Å²) in [6, 6.07) is 5.83. The summed E-state index contributed by atoms with van der Waals surface area (Å²) in [6.45, 7) is 4.15. The molecule has 0 aromatic carbocycles. The van der Waals surface area contributed by atoms with Gasteiger partial charge in [0, 0.05) is 17.2 Å². The molecule has 0 saturated heterocycles. The van der Waals surface area contributed by atoms with E-state index in [1.807, 2.05) is 32.0 Å². The first-order chi connectivity index (χ1) is 8.98. The second kappa shape index (κ2) is 3.75. The minimum atomic E-state index is -0.675. The lowest BCUT2D eigenvalue weighted by atomic mass is 9.68. The predicted molar refractivity (Wildman–Crippen MR) is 67.8 cm³/mol. The third kappa shape index (κ3) is 1.62. The summed E-state index contributed by atoms with van der Waals surface area (Å²) in [5.41, 5.74) is 0.779. The molecule has 1 aromatic rings. The van der Waals surface area contributed by atoms with Gasteiger partial charge in [-0.1, -0.05) is 19.9 Å². The third-order valence-electron chi connectivity index (χ3n) is 3.87. The Hall–Kier alpha value is -1.99. The number of carbonyl (C=O) groups is 1. The van der Waals surface area contributed by atoms with Gasteiger partial charge in [-0.15, -0.1) is 0 Å². The summed E-state index contributed by atoms with van der Waals surface area (Å²) in [7, 11) is 0. The van der Waals surface area contributed by atoms with E-state index in [2.05, 4.69) is 4.98 Å². The van der Waals surface area contributed by atoms with E-state index in [0.29, 0.717) is 13.0 Å². The van der Waals surface area contributed by atoms with E-state index >= 15 is 0 Å². The Morgan fingerprint density at radius 3 is 3.00 bits per heavy atom. The van der Waals surface area contributed by atoms with Crippen LogP contribution in [-0.2, 0) is 21.7 Å². The number of ether oxygens (including phenoxy) is 1. The van der Waals surface area contributed by atoms with Crippen LogP contribution in [0.5, 0.6) is 0 Å². The van der Waals surface area contributed by atoms with Crippen molar-refractivity contribution >= 4 is 5.78 Å². The van der Waals surface area contributed by atoms with Crippen molar-refractivity contribution in [1.82, 2.24) is 4.98 Å². The molecule has 0 fully saturated rings. The molecule has 0 saturated carbocycles. The van der Waals surface area contributed by atoms with E-state index in [1.54, 1.807) is 12.3 Å². The Kier molecular flexibility index (Phi) is 2.38. The minimum Gasteiger partial charge on any atom is -0.360 e. The van der Waals surface area contributed by atoms with Crippen molar-refractivity contribution in [1.29, 1.82) is 5.26 Å². The van der Waals surface area contributed by atoms with Gasteiger partial charge in [-0.05, 0) is 18.6 Å². The SMILES string of the molecule is CC1(C)CC2(C=C(C#N)C1=O)OCc1ncccc12. The number of nitrogens with zero attached hydrogens (tertiary/aromatic N) is 2. The Morgan fingerprint density at radius 1 is 1.47 bits per heavy atom. The molecular weight excluding hydrogens is 240 g/mol. The first-order valence-electron chi connectivity index (χ1n) is 6.25. The van der Waals surface area contributed by atoms with Crippen molar-refractivity contribution in [3.8, 4) is 6.07 Å². The van der Waals surface area contributed by atoms with E-state index in [9.17, 15) is 10.1 Å². The van der Waals surface area contributed by atoms with Gasteiger partial charge in [0.25, 0.3) is 0 Å². The van der Waals surface area contributed by atoms with Crippen LogP contribution in [0.4, 0.5) is 0 Å². The van der Waals surface area contributed by atoms with Crippen LogP contribution in [0, 0.1) is 16.7 Å². The molecule has 4 heteroatoms. The zero-order valence-electron chi connectivity index (χ0n) is 10.9. The summed E-state index contributed by atoms with van der Waals surface area (Å²) < 4.78 is 5.93. The highest BCUT2D eigenvalue weighted by Gasteiger charge is 2.50. The molecule has 96 valence electrons. The molecule has 1 aliphatic carbocycles. The molecule has 0 amide bonds. The fourth-order valence-corrected chi connectivity index (χ4v) is 3.01. The number of carbonyl (C=O) groups excluding carboxylic acids is 1. The molecule has 2 heterocycles. The Bertz CT molecular complexity index is 640. The maximum Gasteiger partial charge on any atom is 0.178 e. The molecular formula is C15H14N2O2. The van der Waals surface area contributed by atoms with Gasteiger partial charge in [0.2, 0.25) is 0 Å². The summed E-state index contributed by atoms with van der Waals surface area (Å²) in [6.07, 6.45) is 3.95. The molecule has 1 atom stereocenters. The van der Waals surface area contributed by atoms with Crippen LogP contribution < -0.4 is 0 Å². The fraction of sp³-hybridized carbons (Fsp3) is 0.400. The number of pyridine rings is 1. The molecule has 1 aliphatic heterocycles. The lowest BCUT2D eigenvalue weighted by Crippen LogP contribution is -2.40. The second-order valence-corrected chi connectivity index (χ2v) is 5.74. The summed E-state index contributed by atoms with van der Waals surface area (Å²) in [4.78, 5) is 16.5. The largest absolute Gasteiger partial charge is 0.360 e. The Balaban J connectivity index is 2.20. The van der Waals surface area contributed by atoms with E-state index in [0.717, 1.165) is 11.3 Å². The average molecular weight is 254 g/mol. The number of rotatable bonds is 0. The van der Waals surface area contributed by atoms with Crippen molar-refractivity contribution < 1.29 is 9.53 Å². The predicted octanol–water partition coefficient (Wildman–Crippen LogP) is 2.26. The topological polar surface area (TPSA) is 63.0 Å². The normalized spacial score (nSPS) is 27.8. The van der Waals surface area contributed by atoms with Gasteiger partial charge in [-0.25, -0.2) is 0 Å². The van der Waals surface area contributed by atoms with E-state index in [-0.39, 0.29) is 11.4 Å². The number of aromatic nitrogens is 1. The van der Waals surface area contributed by atoms with Gasteiger partial charge >= 0.3 is 0 Å². The fourth-order valence-electron chi connectivity index (χ4n) is 3.01. The Labute approximate surface area is 111 Å². The summed E-state index contributed by atoms with van der Waals surface area (Å²) in [5.74, 6) is -0.110. The maximum atomic E-state index is 12.2. The number of fused-ring (bicyclic) bond motifs is 2. The highest BCUT2D eigenvalue weighted by atomic mass is 16.5. The molecule has 1 unspecified atom stereocenters. The summed E-state index contributed by atoms with van der Waals surface area (Å²) in [5, 5.41) is 9.18. The first-order valence-corrected chi connectivity index (χ1v) is 6.25. The van der Waals surface area contributed by atoms with Crippen molar-refractivity contribution in [3.63, 3.8) is 0 Å². The van der Waals surface area contributed by atoms with Gasteiger partial charge in [0.15, 0.2) is 5.78 Å². The molecule has 0 bridgehead atoms. The highest BCUT2D eigenvalue weighted by Crippen LogP contribution is 2.49. The molecule has 4 nitrogen and oxygen atoms in total. The first kappa shape index (κ1) is 12.1. The average Bonchev–Trinajstić information content (AvgIpc) is 2.73. The quantitative estimate of drug-likeness (QED) is 0.712. The number of hydrogen-bond acceptors (Lipinski definition) is 4. The number of Topliss-reactive ketones (excluding diaryl/α,β-unsaturated/α-hetero) is 1. The molecule has 0 N–H and O–H groups in total. The zero-order chi connectivity index (χ0) is 13.7. The van der Waals surface area contributed by atoms with E-state index in [4.69, 9.17) is 4.74 Å². The highest BCUT2D eigenvalue weighted by molar-refractivity contribution is 6.04. The smallest absolute Gasteiger partial charge is 0.178 e. The molecule has 19 heavy (non-hydrogen) atoms. The van der Waals surface area contributed by atoms with Crippen molar-refractivity contribution in [3.05, 3.63) is 41.2 Å². The standard InChI is InChI=1S/C15H14N2O2/c1-14(2)9-15(6-10(7-16)13(14)18)11-4-3-5-17-12(11)8-19-15/h3-6H,8-9H2,1-2H3. The van der Waals surface area contributed by atoms with E-state index in [1.165, 1.54) is 0 Å². The van der Waals surface area contributed by atoms with Gasteiger partial charge in [0.05, 0.1) is 17.9 Å². The van der Waals surface area contributed by atoms with Gasteiger partial charge in [-0.3, -0.25) is 9.78 Å². The van der Waals surface area contributed by atoms with E-state index < -0.39 is 11.0 Å². The third-order valence-corrected chi connectivity index (χ3v) is 3.87.